The molecule has 0 saturated carbocycles. The Hall–Kier alpha value is -0.320. The lowest BCUT2D eigenvalue weighted by Gasteiger charge is -2.33. The number of piperidine rings is 1. The summed E-state index contributed by atoms with van der Waals surface area (Å²) in [7, 11) is 0. The minimum atomic E-state index is -0.158. The van der Waals surface area contributed by atoms with E-state index in [1.807, 2.05) is 6.07 Å². The molecule has 0 atom stereocenters. The highest BCUT2D eigenvalue weighted by atomic mass is 79.9. The molecule has 5 heteroatoms. The topological polar surface area (TPSA) is 21.3 Å². The van der Waals surface area contributed by atoms with E-state index in [1.165, 1.54) is 6.07 Å². The van der Waals surface area contributed by atoms with E-state index < -0.39 is 0 Å². The molecule has 1 aromatic rings. The number of hydrogen-bond donors (Lipinski definition) is 1. The fourth-order valence-corrected chi connectivity index (χ4v) is 3.00. The maximum atomic E-state index is 13.8. The van der Waals surface area contributed by atoms with E-state index in [9.17, 15) is 4.39 Å². The molecule has 17 heavy (non-hydrogen) atoms. The van der Waals surface area contributed by atoms with E-state index in [4.69, 9.17) is 4.74 Å². The molecule has 2 nitrogen and oxygen atoms in total. The number of hydrogen-bond acceptors (Lipinski definition) is 2. The zero-order valence-electron chi connectivity index (χ0n) is 9.26. The van der Waals surface area contributed by atoms with Gasteiger partial charge in [0.2, 0.25) is 0 Å². The molecule has 94 valence electrons. The molecule has 3 rings (SSSR count). The van der Waals surface area contributed by atoms with Crippen molar-refractivity contribution in [3.63, 3.8) is 0 Å². The van der Waals surface area contributed by atoms with E-state index in [0.29, 0.717) is 12.2 Å². The van der Waals surface area contributed by atoms with Crippen molar-refractivity contribution < 1.29 is 9.13 Å². The predicted octanol–water partition coefficient (Wildman–Crippen LogP) is 3.07. The summed E-state index contributed by atoms with van der Waals surface area (Å²) in [5.41, 5.74) is 0.583. The van der Waals surface area contributed by atoms with Crippen LogP contribution < -0.4 is 10.1 Å². The van der Waals surface area contributed by atoms with Crippen molar-refractivity contribution in [1.82, 2.24) is 5.32 Å². The van der Waals surface area contributed by atoms with Gasteiger partial charge in [-0.05, 0) is 38.1 Å². The zero-order chi connectivity index (χ0) is 11.2. The molecule has 1 fully saturated rings. The van der Waals surface area contributed by atoms with Crippen LogP contribution in [-0.2, 0) is 6.42 Å². The summed E-state index contributed by atoms with van der Waals surface area (Å²) in [5, 5.41) is 3.31. The lowest BCUT2D eigenvalue weighted by molar-refractivity contribution is 0.0599. The first-order valence-electron chi connectivity index (χ1n) is 5.56. The van der Waals surface area contributed by atoms with Crippen LogP contribution in [0, 0.1) is 5.82 Å². The molecule has 1 saturated heterocycles. The third-order valence-corrected chi connectivity index (χ3v) is 3.92. The summed E-state index contributed by atoms with van der Waals surface area (Å²) in [6.45, 7) is 1.91. The molecule has 1 aromatic carbocycles. The van der Waals surface area contributed by atoms with Crippen molar-refractivity contribution >= 4 is 28.3 Å². The first-order valence-corrected chi connectivity index (χ1v) is 6.36. The number of nitrogens with one attached hydrogen (secondary N) is 1. The van der Waals surface area contributed by atoms with Gasteiger partial charge in [0.15, 0.2) is 0 Å². The Bertz CT molecular complexity index is 435. The summed E-state index contributed by atoms with van der Waals surface area (Å²) < 4.78 is 20.5. The van der Waals surface area contributed by atoms with Crippen molar-refractivity contribution in [3.8, 4) is 5.75 Å². The second-order valence-corrected chi connectivity index (χ2v) is 5.49. The molecule has 0 aromatic heterocycles. The van der Waals surface area contributed by atoms with E-state index >= 15 is 0 Å². The van der Waals surface area contributed by atoms with Crippen LogP contribution >= 0.6 is 28.3 Å². The van der Waals surface area contributed by atoms with E-state index in [0.717, 1.165) is 36.0 Å². The molecule has 0 aliphatic carbocycles. The number of benzene rings is 1. The highest BCUT2D eigenvalue weighted by Crippen LogP contribution is 2.42. The van der Waals surface area contributed by atoms with Gasteiger partial charge in [0.05, 0.1) is 0 Å². The van der Waals surface area contributed by atoms with Gasteiger partial charge in [-0.3, -0.25) is 0 Å². The Morgan fingerprint density at radius 2 is 2.00 bits per heavy atom. The molecular weight excluding hydrogens is 308 g/mol. The van der Waals surface area contributed by atoms with Gasteiger partial charge in [-0.2, -0.15) is 0 Å². The summed E-state index contributed by atoms with van der Waals surface area (Å²) >= 11 is 3.30. The lowest BCUT2D eigenvalue weighted by Crippen LogP contribution is -2.45. The van der Waals surface area contributed by atoms with Crippen LogP contribution in [0.2, 0.25) is 0 Å². The smallest absolute Gasteiger partial charge is 0.131 e. The minimum Gasteiger partial charge on any atom is -0.486 e. The van der Waals surface area contributed by atoms with Crippen molar-refractivity contribution in [2.45, 2.75) is 24.9 Å². The summed E-state index contributed by atoms with van der Waals surface area (Å²) in [6.07, 6.45) is 2.63. The predicted molar refractivity (Wildman–Crippen MR) is 70.5 cm³/mol. The molecule has 2 heterocycles. The van der Waals surface area contributed by atoms with Gasteiger partial charge in [0.1, 0.15) is 17.2 Å². The van der Waals surface area contributed by atoms with Crippen LogP contribution in [0.15, 0.2) is 16.6 Å². The van der Waals surface area contributed by atoms with Gasteiger partial charge in [0.25, 0.3) is 0 Å². The summed E-state index contributed by atoms with van der Waals surface area (Å²) in [6, 6.07) is 3.39. The van der Waals surface area contributed by atoms with Gasteiger partial charge in [-0.25, -0.2) is 4.39 Å². The highest BCUT2D eigenvalue weighted by molar-refractivity contribution is 9.10. The molecule has 2 aliphatic heterocycles. The van der Waals surface area contributed by atoms with E-state index in [-0.39, 0.29) is 23.8 Å². The van der Waals surface area contributed by atoms with Crippen LogP contribution in [0.5, 0.6) is 5.75 Å². The van der Waals surface area contributed by atoms with E-state index in [1.54, 1.807) is 0 Å². The Kier molecular flexibility index (Phi) is 3.66. The molecule has 1 N–H and O–H groups in total. The molecule has 2 aliphatic rings. The van der Waals surface area contributed by atoms with Crippen LogP contribution in [0.1, 0.15) is 18.4 Å². The monoisotopic (exact) mass is 321 g/mol. The van der Waals surface area contributed by atoms with Crippen molar-refractivity contribution in [1.29, 1.82) is 0 Å². The summed E-state index contributed by atoms with van der Waals surface area (Å²) in [4.78, 5) is 0. The third-order valence-electron chi connectivity index (χ3n) is 3.46. The van der Waals surface area contributed by atoms with Crippen molar-refractivity contribution in [2.24, 2.45) is 0 Å². The Morgan fingerprint density at radius 1 is 1.29 bits per heavy atom. The molecule has 0 amide bonds. The normalized spacial score (nSPS) is 20.6. The lowest BCUT2D eigenvalue weighted by atomic mass is 9.88. The average molecular weight is 323 g/mol. The largest absolute Gasteiger partial charge is 0.486 e. The second kappa shape index (κ2) is 4.75. The quantitative estimate of drug-likeness (QED) is 0.792. The fourth-order valence-electron chi connectivity index (χ4n) is 2.60. The Morgan fingerprint density at radius 3 is 2.71 bits per heavy atom. The molecule has 0 unspecified atom stereocenters. The molecule has 0 radical (unpaired) electrons. The van der Waals surface area contributed by atoms with Crippen LogP contribution in [0.3, 0.4) is 0 Å². The highest BCUT2D eigenvalue weighted by Gasteiger charge is 2.41. The number of halogens is 3. The molecule has 0 bridgehead atoms. The first kappa shape index (κ1) is 13.1. The number of fused-ring (bicyclic) bond motifs is 1. The standard InChI is InChI=1S/C12H13BrFNO.ClH/c13-8-5-10(14)9-7-12(16-11(9)6-8)1-3-15-4-2-12;/h5-6,15H,1-4,7H2;1H. The Labute approximate surface area is 114 Å². The van der Waals surface area contributed by atoms with Gasteiger partial charge < -0.3 is 10.1 Å². The average Bonchev–Trinajstić information content (AvgIpc) is 2.57. The van der Waals surface area contributed by atoms with Crippen molar-refractivity contribution in [2.75, 3.05) is 13.1 Å². The first-order chi connectivity index (χ1) is 7.69. The molecule has 1 spiro atoms. The van der Waals surface area contributed by atoms with Crippen LogP contribution in [-0.4, -0.2) is 18.7 Å². The van der Waals surface area contributed by atoms with Crippen molar-refractivity contribution in [3.05, 3.63) is 28.0 Å². The van der Waals surface area contributed by atoms with Gasteiger partial charge in [-0.1, -0.05) is 15.9 Å². The summed E-state index contributed by atoms with van der Waals surface area (Å²) in [5.74, 6) is 0.563. The van der Waals surface area contributed by atoms with Gasteiger partial charge in [0, 0.05) is 16.5 Å². The number of ether oxygens (including phenoxy) is 1. The third kappa shape index (κ3) is 2.30. The second-order valence-electron chi connectivity index (χ2n) is 4.58. The number of rotatable bonds is 0. The van der Waals surface area contributed by atoms with E-state index in [2.05, 4.69) is 21.2 Å². The van der Waals surface area contributed by atoms with Crippen LogP contribution in [0.25, 0.3) is 0 Å². The van der Waals surface area contributed by atoms with Crippen LogP contribution in [0.4, 0.5) is 4.39 Å². The zero-order valence-corrected chi connectivity index (χ0v) is 11.7. The molecular formula is C12H14BrClFNO. The Balaban J connectivity index is 0.00000108. The fraction of sp³-hybridized carbons (Fsp3) is 0.500. The van der Waals surface area contributed by atoms with Gasteiger partial charge in [-0.15, -0.1) is 12.4 Å². The maximum Gasteiger partial charge on any atom is 0.131 e. The minimum absolute atomic E-state index is 0. The van der Waals surface area contributed by atoms with Gasteiger partial charge >= 0.3 is 0 Å². The SMILES string of the molecule is Cl.Fc1cc(Br)cc2c1CC1(CCNCC1)O2. The maximum absolute atomic E-state index is 13.8.